The van der Waals surface area contributed by atoms with Crippen molar-refractivity contribution >= 4 is 46.6 Å². The Morgan fingerprint density at radius 2 is 1.76 bits per heavy atom. The molecule has 1 aliphatic carbocycles. The number of hydrogen-bond donors (Lipinski definition) is 2. The molecule has 2 aromatic rings. The number of halogens is 1. The fourth-order valence-corrected chi connectivity index (χ4v) is 3.45. The van der Waals surface area contributed by atoms with Gasteiger partial charge >= 0.3 is 0 Å². The van der Waals surface area contributed by atoms with Crippen LogP contribution in [0.15, 0.2) is 53.4 Å². The van der Waals surface area contributed by atoms with Gasteiger partial charge in [-0.25, -0.2) is 0 Å². The van der Waals surface area contributed by atoms with Crippen LogP contribution in [0.5, 0.6) is 0 Å². The van der Waals surface area contributed by atoms with Gasteiger partial charge in [0.05, 0.1) is 10.3 Å². The molecule has 1 unspecified atom stereocenters. The summed E-state index contributed by atoms with van der Waals surface area (Å²) in [5, 5.41) is 6.10. The highest BCUT2D eigenvalue weighted by Gasteiger charge is 2.29. The number of nitrogens with one attached hydrogen (secondary N) is 2. The molecule has 6 heteroatoms. The Morgan fingerprint density at radius 1 is 1.08 bits per heavy atom. The number of benzene rings is 2. The van der Waals surface area contributed by atoms with Gasteiger partial charge in [-0.3, -0.25) is 9.59 Å². The van der Waals surface area contributed by atoms with E-state index in [4.69, 9.17) is 11.6 Å². The predicted octanol–water partition coefficient (Wildman–Crippen LogP) is 4.81. The van der Waals surface area contributed by atoms with Crippen molar-refractivity contribution in [3.63, 3.8) is 0 Å². The topological polar surface area (TPSA) is 58.2 Å². The summed E-state index contributed by atoms with van der Waals surface area (Å²) in [6.07, 6.45) is 1.91. The van der Waals surface area contributed by atoms with Gasteiger partial charge < -0.3 is 10.6 Å². The number of carbonyl (C=O) groups excluding carboxylic acids is 2. The normalized spacial score (nSPS) is 14.6. The lowest BCUT2D eigenvalue weighted by Crippen LogP contribution is -2.22. The average Bonchev–Trinajstić information content (AvgIpc) is 3.42. The third-order valence-corrected chi connectivity index (χ3v) is 5.47. The van der Waals surface area contributed by atoms with Crippen molar-refractivity contribution in [2.24, 2.45) is 5.92 Å². The summed E-state index contributed by atoms with van der Waals surface area (Å²) in [6, 6.07) is 14.7. The third kappa shape index (κ3) is 5.00. The van der Waals surface area contributed by atoms with Crippen molar-refractivity contribution in [2.45, 2.75) is 29.9 Å². The van der Waals surface area contributed by atoms with Gasteiger partial charge in [-0.05, 0) is 50.1 Å². The number of carbonyl (C=O) groups is 2. The van der Waals surface area contributed by atoms with Gasteiger partial charge in [0, 0.05) is 22.2 Å². The van der Waals surface area contributed by atoms with Crippen molar-refractivity contribution in [2.75, 3.05) is 10.6 Å². The van der Waals surface area contributed by atoms with Crippen LogP contribution in [0.1, 0.15) is 19.8 Å². The van der Waals surface area contributed by atoms with Crippen molar-refractivity contribution < 1.29 is 9.59 Å². The molecule has 0 aliphatic heterocycles. The molecule has 0 spiro atoms. The molecule has 2 aromatic carbocycles. The van der Waals surface area contributed by atoms with E-state index in [-0.39, 0.29) is 23.0 Å². The summed E-state index contributed by atoms with van der Waals surface area (Å²) in [5.41, 5.74) is 1.35. The quantitative estimate of drug-likeness (QED) is 0.713. The maximum absolute atomic E-state index is 12.4. The van der Waals surface area contributed by atoms with E-state index in [0.29, 0.717) is 16.4 Å². The van der Waals surface area contributed by atoms with Crippen molar-refractivity contribution in [1.82, 2.24) is 0 Å². The van der Waals surface area contributed by atoms with Crippen LogP contribution in [-0.4, -0.2) is 17.1 Å². The first kappa shape index (κ1) is 17.8. The van der Waals surface area contributed by atoms with Crippen LogP contribution in [0.25, 0.3) is 0 Å². The molecule has 4 nitrogen and oxygen atoms in total. The number of amides is 2. The number of hydrogen-bond acceptors (Lipinski definition) is 3. The van der Waals surface area contributed by atoms with Crippen LogP contribution in [0, 0.1) is 5.92 Å². The first-order chi connectivity index (χ1) is 12.0. The van der Waals surface area contributed by atoms with Crippen molar-refractivity contribution in [3.8, 4) is 0 Å². The lowest BCUT2D eigenvalue weighted by molar-refractivity contribution is -0.117. The highest BCUT2D eigenvalue weighted by atomic mass is 35.5. The Kier molecular flexibility index (Phi) is 5.66. The van der Waals surface area contributed by atoms with Crippen molar-refractivity contribution in [3.05, 3.63) is 53.6 Å². The second kappa shape index (κ2) is 7.93. The number of thioether (sulfide) groups is 1. The Morgan fingerprint density at radius 3 is 2.44 bits per heavy atom. The van der Waals surface area contributed by atoms with E-state index >= 15 is 0 Å². The molecule has 130 valence electrons. The van der Waals surface area contributed by atoms with Gasteiger partial charge in [-0.1, -0.05) is 29.8 Å². The SMILES string of the molecule is CC(Sc1ccccc1Cl)C(=O)Nc1cccc(NC(=O)C2CC2)c1. The molecule has 1 aliphatic rings. The van der Waals surface area contributed by atoms with E-state index in [0.717, 1.165) is 17.7 Å². The molecule has 0 heterocycles. The second-order valence-electron chi connectivity index (χ2n) is 6.02. The molecule has 25 heavy (non-hydrogen) atoms. The largest absolute Gasteiger partial charge is 0.326 e. The molecule has 0 radical (unpaired) electrons. The van der Waals surface area contributed by atoms with Crippen molar-refractivity contribution in [1.29, 1.82) is 0 Å². The molecule has 2 N–H and O–H groups in total. The minimum absolute atomic E-state index is 0.0473. The average molecular weight is 375 g/mol. The highest BCUT2D eigenvalue weighted by molar-refractivity contribution is 8.00. The fraction of sp³-hybridized carbons (Fsp3) is 0.263. The summed E-state index contributed by atoms with van der Waals surface area (Å²) >= 11 is 7.55. The van der Waals surface area contributed by atoms with Gasteiger partial charge in [0.25, 0.3) is 0 Å². The molecule has 3 rings (SSSR count). The van der Waals surface area contributed by atoms with Gasteiger partial charge in [0.1, 0.15) is 0 Å². The smallest absolute Gasteiger partial charge is 0.237 e. The van der Waals surface area contributed by atoms with E-state index in [2.05, 4.69) is 10.6 Å². The van der Waals surface area contributed by atoms with E-state index in [1.54, 1.807) is 18.2 Å². The molecule has 1 fully saturated rings. The first-order valence-electron chi connectivity index (χ1n) is 8.16. The zero-order chi connectivity index (χ0) is 17.8. The lowest BCUT2D eigenvalue weighted by Gasteiger charge is -2.13. The van der Waals surface area contributed by atoms with Crippen LogP contribution >= 0.6 is 23.4 Å². The van der Waals surface area contributed by atoms with E-state index < -0.39 is 0 Å². The molecular weight excluding hydrogens is 356 g/mol. The van der Waals surface area contributed by atoms with Crippen LogP contribution in [0.2, 0.25) is 5.02 Å². The first-order valence-corrected chi connectivity index (χ1v) is 9.41. The van der Waals surface area contributed by atoms with Gasteiger partial charge in [0.15, 0.2) is 0 Å². The maximum atomic E-state index is 12.4. The van der Waals surface area contributed by atoms with E-state index in [1.165, 1.54) is 11.8 Å². The molecule has 0 bridgehead atoms. The summed E-state index contributed by atoms with van der Waals surface area (Å²) in [7, 11) is 0. The monoisotopic (exact) mass is 374 g/mol. The third-order valence-electron chi connectivity index (χ3n) is 3.86. The van der Waals surface area contributed by atoms with Gasteiger partial charge in [0.2, 0.25) is 11.8 Å². The molecule has 1 saturated carbocycles. The predicted molar refractivity (Wildman–Crippen MR) is 103 cm³/mol. The van der Waals surface area contributed by atoms with Crippen LogP contribution < -0.4 is 10.6 Å². The lowest BCUT2D eigenvalue weighted by atomic mass is 10.2. The maximum Gasteiger partial charge on any atom is 0.237 e. The zero-order valence-corrected chi connectivity index (χ0v) is 15.4. The molecule has 1 atom stereocenters. The fourth-order valence-electron chi connectivity index (χ4n) is 2.29. The molecule has 2 amide bonds. The molecule has 0 aromatic heterocycles. The Labute approximate surface area is 156 Å². The number of anilines is 2. The Hall–Kier alpha value is -1.98. The van der Waals surface area contributed by atoms with Crippen LogP contribution in [0.3, 0.4) is 0 Å². The van der Waals surface area contributed by atoms with Gasteiger partial charge in [-0.2, -0.15) is 0 Å². The van der Waals surface area contributed by atoms with E-state index in [9.17, 15) is 9.59 Å². The summed E-state index contributed by atoms with van der Waals surface area (Å²) in [6.45, 7) is 1.84. The highest BCUT2D eigenvalue weighted by Crippen LogP contribution is 2.31. The Bertz CT molecular complexity index is 792. The zero-order valence-electron chi connectivity index (χ0n) is 13.8. The molecular formula is C19H19ClN2O2S. The summed E-state index contributed by atoms with van der Waals surface area (Å²) in [4.78, 5) is 25.1. The number of rotatable bonds is 6. The summed E-state index contributed by atoms with van der Waals surface area (Å²) in [5.74, 6) is 0.0759. The summed E-state index contributed by atoms with van der Waals surface area (Å²) < 4.78 is 0. The molecule has 0 saturated heterocycles. The second-order valence-corrected chi connectivity index (χ2v) is 7.81. The standard InChI is InChI=1S/C19H19ClN2O2S/c1-12(25-17-8-3-2-7-16(17)20)18(23)21-14-5-4-6-15(11-14)22-19(24)13-9-10-13/h2-8,11-13H,9-10H2,1H3,(H,21,23)(H,22,24). The van der Waals surface area contributed by atoms with Gasteiger partial charge in [-0.15, -0.1) is 11.8 Å². The minimum Gasteiger partial charge on any atom is -0.326 e. The van der Waals surface area contributed by atoms with E-state index in [1.807, 2.05) is 37.3 Å². The van der Waals surface area contributed by atoms with Crippen LogP contribution in [0.4, 0.5) is 11.4 Å². The van der Waals surface area contributed by atoms with Crippen LogP contribution in [-0.2, 0) is 9.59 Å². The Balaban J connectivity index is 1.60. The minimum atomic E-state index is -0.301.